The molecule has 0 aliphatic rings. The number of aliphatic hydroxyl groups excluding tert-OH is 2. The number of hydrogen-bond acceptors (Lipinski definition) is 7. The molecule has 4 unspecified atom stereocenters. The maximum absolute atomic E-state index is 11.4. The van der Waals surface area contributed by atoms with Crippen LogP contribution < -0.4 is 0 Å². The molecular formula is C20H35N2O7. The maximum atomic E-state index is 11.4. The summed E-state index contributed by atoms with van der Waals surface area (Å²) < 4.78 is 0. The Balaban J connectivity index is 4.63. The van der Waals surface area contributed by atoms with Crippen molar-refractivity contribution in [3.63, 3.8) is 0 Å². The fraction of sp³-hybridized carbons (Fsp3) is 0.850. The summed E-state index contributed by atoms with van der Waals surface area (Å²) in [5.74, 6) is 0. The molecule has 0 aliphatic carbocycles. The van der Waals surface area contributed by atoms with Crippen molar-refractivity contribution in [2.24, 2.45) is 0 Å². The van der Waals surface area contributed by atoms with E-state index in [9.17, 15) is 35.2 Å². The van der Waals surface area contributed by atoms with Gasteiger partial charge >= 0.3 is 0 Å². The summed E-state index contributed by atoms with van der Waals surface area (Å²) >= 11 is 0. The van der Waals surface area contributed by atoms with Crippen LogP contribution in [0.3, 0.4) is 0 Å². The molecule has 0 amide bonds. The van der Waals surface area contributed by atoms with Crippen LogP contribution in [-0.2, 0) is 4.79 Å². The first kappa shape index (κ1) is 27.1. The molecule has 0 rings (SSSR count). The number of allylic oxidation sites excluding steroid dienone is 1. The molecule has 0 bridgehead atoms. The smallest absolute Gasteiger partial charge is 0.245 e. The average Bonchev–Trinajstić information content (AvgIpc) is 2.66. The predicted octanol–water partition coefficient (Wildman–Crippen LogP) is 3.37. The fourth-order valence-corrected chi connectivity index (χ4v) is 3.14. The second-order valence-electron chi connectivity index (χ2n) is 7.38. The highest BCUT2D eigenvalue weighted by molar-refractivity contribution is 5.50. The molecule has 0 aromatic heterocycles. The molecule has 0 aliphatic heterocycles. The minimum Gasteiger partial charge on any atom is -0.386 e. The second kappa shape index (κ2) is 17.0. The van der Waals surface area contributed by atoms with Crippen LogP contribution in [0.5, 0.6) is 0 Å². The van der Waals surface area contributed by atoms with Crippen molar-refractivity contribution in [2.45, 2.75) is 108 Å². The SMILES string of the molecule is CCCCCCCCC(O)C(CC(C(O)C/C=C\CCC[C]=O)[N+](=O)[O-])[N+](=O)[O-]. The van der Waals surface area contributed by atoms with Crippen LogP contribution in [0, 0.1) is 20.2 Å². The number of carbonyl (C=O) groups excluding carboxylic acids is 1. The van der Waals surface area contributed by atoms with Crippen LogP contribution in [-0.4, -0.2) is 50.6 Å². The van der Waals surface area contributed by atoms with Gasteiger partial charge in [-0.1, -0.05) is 57.6 Å². The lowest BCUT2D eigenvalue weighted by molar-refractivity contribution is -0.573. The standard InChI is InChI=1S/C20H35N2O7/c1-2-3-4-5-7-10-13-19(24)17(21(26)27)16-18(22(28)29)20(25)14-11-8-6-9-12-15-23/h8,11,17-20,24-25H,2-7,9-10,12-14,16H2,1H3/b11-8-. The van der Waals surface area contributed by atoms with Crippen molar-refractivity contribution in [2.75, 3.05) is 0 Å². The summed E-state index contributed by atoms with van der Waals surface area (Å²) in [5.41, 5.74) is 0. The zero-order valence-corrected chi connectivity index (χ0v) is 17.3. The summed E-state index contributed by atoms with van der Waals surface area (Å²) in [7, 11) is 0. The van der Waals surface area contributed by atoms with Gasteiger partial charge in [-0.15, -0.1) is 0 Å². The Labute approximate surface area is 172 Å². The first-order valence-corrected chi connectivity index (χ1v) is 10.5. The van der Waals surface area contributed by atoms with Gasteiger partial charge in [0.25, 0.3) is 0 Å². The zero-order chi connectivity index (χ0) is 22.1. The van der Waals surface area contributed by atoms with E-state index in [1.54, 1.807) is 18.4 Å². The van der Waals surface area contributed by atoms with E-state index in [-0.39, 0.29) is 12.8 Å². The van der Waals surface area contributed by atoms with Crippen LogP contribution in [0.2, 0.25) is 0 Å². The second-order valence-corrected chi connectivity index (χ2v) is 7.38. The molecule has 0 aromatic carbocycles. The normalized spacial score (nSPS) is 15.7. The van der Waals surface area contributed by atoms with Crippen molar-refractivity contribution in [1.29, 1.82) is 0 Å². The molecular weight excluding hydrogens is 380 g/mol. The van der Waals surface area contributed by atoms with E-state index in [4.69, 9.17) is 0 Å². The number of nitro groups is 2. The summed E-state index contributed by atoms with van der Waals surface area (Å²) in [6, 6.07) is -3.01. The van der Waals surface area contributed by atoms with Crippen molar-refractivity contribution in [3.05, 3.63) is 32.4 Å². The van der Waals surface area contributed by atoms with Gasteiger partial charge in [0.15, 0.2) is 6.29 Å². The van der Waals surface area contributed by atoms with E-state index in [0.29, 0.717) is 25.7 Å². The Bertz CT molecular complexity index is 499. The molecule has 0 fully saturated rings. The van der Waals surface area contributed by atoms with Crippen molar-refractivity contribution in [3.8, 4) is 0 Å². The quantitative estimate of drug-likeness (QED) is 0.142. The summed E-state index contributed by atoms with van der Waals surface area (Å²) in [6.07, 6.45) is 9.33. The number of rotatable bonds is 19. The third kappa shape index (κ3) is 13.1. The Kier molecular flexibility index (Phi) is 15.9. The molecule has 2 N–H and O–H groups in total. The lowest BCUT2D eigenvalue weighted by Gasteiger charge is -2.20. The molecule has 9 nitrogen and oxygen atoms in total. The number of unbranched alkanes of at least 4 members (excludes halogenated alkanes) is 7. The first-order valence-electron chi connectivity index (χ1n) is 10.5. The van der Waals surface area contributed by atoms with Gasteiger partial charge in [0, 0.05) is 16.3 Å². The predicted molar refractivity (Wildman–Crippen MR) is 109 cm³/mol. The first-order chi connectivity index (χ1) is 13.8. The molecule has 29 heavy (non-hydrogen) atoms. The molecule has 0 aromatic rings. The van der Waals surface area contributed by atoms with Gasteiger partial charge in [0.05, 0.1) is 6.42 Å². The minimum atomic E-state index is -1.53. The highest BCUT2D eigenvalue weighted by Crippen LogP contribution is 2.19. The molecule has 0 saturated heterocycles. The van der Waals surface area contributed by atoms with Gasteiger partial charge < -0.3 is 10.2 Å². The van der Waals surface area contributed by atoms with Crippen molar-refractivity contribution < 1.29 is 24.9 Å². The van der Waals surface area contributed by atoms with Gasteiger partial charge in [-0.3, -0.25) is 25.0 Å². The van der Waals surface area contributed by atoms with E-state index in [2.05, 4.69) is 6.92 Å². The highest BCUT2D eigenvalue weighted by atomic mass is 16.6. The molecule has 0 heterocycles. The van der Waals surface area contributed by atoms with E-state index >= 15 is 0 Å². The summed E-state index contributed by atoms with van der Waals surface area (Å²) in [6.45, 7) is 2.11. The molecule has 167 valence electrons. The number of nitrogens with zero attached hydrogens (tertiary/aromatic N) is 2. The van der Waals surface area contributed by atoms with Gasteiger partial charge in [-0.25, -0.2) is 0 Å². The van der Waals surface area contributed by atoms with Crippen LogP contribution >= 0.6 is 0 Å². The highest BCUT2D eigenvalue weighted by Gasteiger charge is 2.40. The number of hydrogen-bond donors (Lipinski definition) is 2. The van der Waals surface area contributed by atoms with Crippen molar-refractivity contribution in [1.82, 2.24) is 0 Å². The summed E-state index contributed by atoms with van der Waals surface area (Å²) in [4.78, 5) is 31.4. The van der Waals surface area contributed by atoms with Crippen LogP contribution in [0.15, 0.2) is 12.2 Å². The van der Waals surface area contributed by atoms with E-state index in [0.717, 1.165) is 32.1 Å². The van der Waals surface area contributed by atoms with Crippen LogP contribution in [0.25, 0.3) is 0 Å². The van der Waals surface area contributed by atoms with Gasteiger partial charge in [-0.05, 0) is 25.7 Å². The molecule has 1 radical (unpaired) electrons. The molecule has 9 heteroatoms. The third-order valence-electron chi connectivity index (χ3n) is 4.96. The van der Waals surface area contributed by atoms with E-state index in [1.165, 1.54) is 0 Å². The fourth-order valence-electron chi connectivity index (χ4n) is 3.14. The zero-order valence-electron chi connectivity index (χ0n) is 17.3. The summed E-state index contributed by atoms with van der Waals surface area (Å²) in [5, 5.41) is 43.0. The minimum absolute atomic E-state index is 0.0194. The largest absolute Gasteiger partial charge is 0.386 e. The Morgan fingerprint density at radius 3 is 2.07 bits per heavy atom. The van der Waals surface area contributed by atoms with Crippen LogP contribution in [0.1, 0.15) is 84.0 Å². The van der Waals surface area contributed by atoms with Gasteiger partial charge in [0.2, 0.25) is 12.1 Å². The lowest BCUT2D eigenvalue weighted by Crippen LogP contribution is -2.43. The third-order valence-corrected chi connectivity index (χ3v) is 4.96. The molecule has 0 saturated carbocycles. The van der Waals surface area contributed by atoms with Gasteiger partial charge in [0.1, 0.15) is 12.2 Å². The Morgan fingerprint density at radius 1 is 0.897 bits per heavy atom. The Morgan fingerprint density at radius 2 is 1.48 bits per heavy atom. The average molecular weight is 416 g/mol. The number of aliphatic hydroxyl groups is 2. The monoisotopic (exact) mass is 415 g/mol. The van der Waals surface area contributed by atoms with Crippen molar-refractivity contribution >= 4 is 6.29 Å². The topological polar surface area (TPSA) is 144 Å². The molecule has 4 atom stereocenters. The van der Waals surface area contributed by atoms with E-state index in [1.807, 2.05) is 0 Å². The van der Waals surface area contributed by atoms with Crippen LogP contribution in [0.4, 0.5) is 0 Å². The Hall–Kier alpha value is -1.87. The van der Waals surface area contributed by atoms with E-state index < -0.39 is 40.6 Å². The maximum Gasteiger partial charge on any atom is 0.245 e. The van der Waals surface area contributed by atoms with Gasteiger partial charge in [-0.2, -0.15) is 0 Å². The lowest BCUT2D eigenvalue weighted by atomic mass is 9.94. The molecule has 0 spiro atoms.